The van der Waals surface area contributed by atoms with Crippen molar-refractivity contribution in [3.8, 4) is 0 Å². The molecule has 1 aliphatic heterocycles. The van der Waals surface area contributed by atoms with Gasteiger partial charge in [0, 0.05) is 24.7 Å². The first-order valence-electron chi connectivity index (χ1n) is 9.54. The molecule has 9 heteroatoms. The number of anilines is 1. The van der Waals surface area contributed by atoms with Crippen LogP contribution in [0.2, 0.25) is 0 Å². The SMILES string of the molecule is CC1CCN(c2ccc(C(=O)NCC(=O)NCc3ccco3)cc2[N+](=O)[O-])CC1. The molecule has 2 aromatic rings. The summed E-state index contributed by atoms with van der Waals surface area (Å²) in [6.45, 7) is 3.66. The number of piperidine rings is 1. The Hall–Kier alpha value is -3.36. The summed E-state index contributed by atoms with van der Waals surface area (Å²) in [6, 6.07) is 7.87. The molecule has 1 fully saturated rings. The van der Waals surface area contributed by atoms with Crippen molar-refractivity contribution in [2.75, 3.05) is 24.5 Å². The van der Waals surface area contributed by atoms with Crippen molar-refractivity contribution in [1.29, 1.82) is 0 Å². The summed E-state index contributed by atoms with van der Waals surface area (Å²) in [4.78, 5) is 37.3. The van der Waals surface area contributed by atoms with Crippen LogP contribution in [-0.4, -0.2) is 36.4 Å². The molecule has 0 unspecified atom stereocenters. The minimum absolute atomic E-state index is 0.102. The molecule has 0 bridgehead atoms. The predicted octanol–water partition coefficient (Wildman–Crippen LogP) is 2.47. The normalized spacial score (nSPS) is 14.4. The number of carbonyl (C=O) groups excluding carboxylic acids is 2. The molecule has 0 radical (unpaired) electrons. The van der Waals surface area contributed by atoms with E-state index in [-0.39, 0.29) is 30.2 Å². The summed E-state index contributed by atoms with van der Waals surface area (Å²) < 4.78 is 5.11. The number of nitrogens with one attached hydrogen (secondary N) is 2. The lowest BCUT2D eigenvalue weighted by molar-refractivity contribution is -0.384. The first-order chi connectivity index (χ1) is 13.9. The van der Waals surface area contributed by atoms with Crippen LogP contribution in [0.1, 0.15) is 35.9 Å². The highest BCUT2D eigenvalue weighted by molar-refractivity contribution is 5.97. The van der Waals surface area contributed by atoms with Crippen LogP contribution >= 0.6 is 0 Å². The van der Waals surface area contributed by atoms with Crippen LogP contribution < -0.4 is 15.5 Å². The average Bonchev–Trinajstić information content (AvgIpc) is 3.24. The van der Waals surface area contributed by atoms with Gasteiger partial charge in [-0.1, -0.05) is 6.92 Å². The Balaban J connectivity index is 1.60. The fourth-order valence-corrected chi connectivity index (χ4v) is 3.25. The van der Waals surface area contributed by atoms with E-state index in [0.29, 0.717) is 17.4 Å². The zero-order chi connectivity index (χ0) is 20.8. The van der Waals surface area contributed by atoms with E-state index >= 15 is 0 Å². The Labute approximate surface area is 168 Å². The highest BCUT2D eigenvalue weighted by Crippen LogP contribution is 2.32. The minimum Gasteiger partial charge on any atom is -0.467 e. The minimum atomic E-state index is -0.542. The molecule has 1 aliphatic rings. The first kappa shape index (κ1) is 20.4. The number of hydrogen-bond acceptors (Lipinski definition) is 6. The van der Waals surface area contributed by atoms with Crippen molar-refractivity contribution < 1.29 is 18.9 Å². The number of furan rings is 1. The molecule has 2 heterocycles. The summed E-state index contributed by atoms with van der Waals surface area (Å²) >= 11 is 0. The molecule has 3 rings (SSSR count). The largest absolute Gasteiger partial charge is 0.467 e. The molecule has 1 aromatic carbocycles. The van der Waals surface area contributed by atoms with Crippen molar-refractivity contribution in [1.82, 2.24) is 10.6 Å². The van der Waals surface area contributed by atoms with Crippen LogP contribution in [0, 0.1) is 16.0 Å². The smallest absolute Gasteiger partial charge is 0.293 e. The second-order valence-electron chi connectivity index (χ2n) is 7.17. The van der Waals surface area contributed by atoms with E-state index in [2.05, 4.69) is 17.6 Å². The molecule has 29 heavy (non-hydrogen) atoms. The van der Waals surface area contributed by atoms with Crippen molar-refractivity contribution in [2.24, 2.45) is 5.92 Å². The molecular formula is C20H24N4O5. The van der Waals surface area contributed by atoms with Gasteiger partial charge >= 0.3 is 0 Å². The molecule has 2 amide bonds. The van der Waals surface area contributed by atoms with Gasteiger partial charge in [0.1, 0.15) is 11.4 Å². The summed E-state index contributed by atoms with van der Waals surface area (Å²) in [5.41, 5.74) is 0.564. The number of hydrogen-bond donors (Lipinski definition) is 2. The summed E-state index contributed by atoms with van der Waals surface area (Å²) in [5, 5.41) is 16.6. The number of nitro benzene ring substituents is 1. The van der Waals surface area contributed by atoms with Crippen LogP contribution in [0.4, 0.5) is 11.4 Å². The van der Waals surface area contributed by atoms with E-state index in [0.717, 1.165) is 25.9 Å². The Morgan fingerprint density at radius 2 is 2.00 bits per heavy atom. The van der Waals surface area contributed by atoms with Crippen LogP contribution in [0.25, 0.3) is 0 Å². The number of carbonyl (C=O) groups is 2. The predicted molar refractivity (Wildman–Crippen MR) is 107 cm³/mol. The molecule has 0 aliphatic carbocycles. The van der Waals surface area contributed by atoms with Gasteiger partial charge in [-0.2, -0.15) is 0 Å². The third-order valence-electron chi connectivity index (χ3n) is 5.01. The molecule has 154 valence electrons. The lowest BCUT2D eigenvalue weighted by atomic mass is 9.98. The van der Waals surface area contributed by atoms with E-state index in [1.165, 1.54) is 12.3 Å². The molecule has 0 atom stereocenters. The van der Waals surface area contributed by atoms with Gasteiger partial charge in [0.25, 0.3) is 11.6 Å². The molecule has 1 saturated heterocycles. The van der Waals surface area contributed by atoms with Crippen molar-refractivity contribution >= 4 is 23.2 Å². The van der Waals surface area contributed by atoms with Gasteiger partial charge in [-0.05, 0) is 43.0 Å². The van der Waals surface area contributed by atoms with Crippen molar-refractivity contribution in [3.63, 3.8) is 0 Å². The number of nitrogens with zero attached hydrogens (tertiary/aromatic N) is 2. The lowest BCUT2D eigenvalue weighted by Gasteiger charge is -2.31. The van der Waals surface area contributed by atoms with E-state index < -0.39 is 10.8 Å². The second kappa shape index (κ2) is 9.22. The maximum absolute atomic E-state index is 12.3. The Morgan fingerprint density at radius 3 is 2.66 bits per heavy atom. The summed E-state index contributed by atoms with van der Waals surface area (Å²) in [5.74, 6) is 0.278. The Morgan fingerprint density at radius 1 is 1.24 bits per heavy atom. The Bertz CT molecular complexity index is 873. The van der Waals surface area contributed by atoms with Gasteiger partial charge in [0.2, 0.25) is 5.91 Å². The number of amides is 2. The van der Waals surface area contributed by atoms with Crippen molar-refractivity contribution in [3.05, 3.63) is 58.0 Å². The first-order valence-corrected chi connectivity index (χ1v) is 9.54. The van der Waals surface area contributed by atoms with Crippen LogP contribution in [0.3, 0.4) is 0 Å². The zero-order valence-corrected chi connectivity index (χ0v) is 16.2. The fraction of sp³-hybridized carbons (Fsp3) is 0.400. The number of nitro groups is 1. The summed E-state index contributed by atoms with van der Waals surface area (Å²) in [6.07, 6.45) is 3.46. The zero-order valence-electron chi connectivity index (χ0n) is 16.2. The lowest BCUT2D eigenvalue weighted by Crippen LogP contribution is -2.36. The third-order valence-corrected chi connectivity index (χ3v) is 5.01. The van der Waals surface area contributed by atoms with E-state index in [1.54, 1.807) is 24.3 Å². The van der Waals surface area contributed by atoms with Crippen LogP contribution in [-0.2, 0) is 11.3 Å². The number of rotatable bonds is 7. The fourth-order valence-electron chi connectivity index (χ4n) is 3.25. The van der Waals surface area contributed by atoms with Gasteiger partial charge in [0.05, 0.1) is 24.3 Å². The molecular weight excluding hydrogens is 376 g/mol. The van der Waals surface area contributed by atoms with Crippen LogP contribution in [0.15, 0.2) is 41.0 Å². The summed E-state index contributed by atoms with van der Waals surface area (Å²) in [7, 11) is 0. The number of benzene rings is 1. The standard InChI is InChI=1S/C20H24N4O5/c1-14-6-8-23(9-7-14)17-5-4-15(11-18(17)24(27)28)20(26)22-13-19(25)21-12-16-3-2-10-29-16/h2-5,10-11,14H,6-9,12-13H2,1H3,(H,21,25)(H,22,26). The maximum atomic E-state index is 12.3. The van der Waals surface area contributed by atoms with Crippen molar-refractivity contribution in [2.45, 2.75) is 26.3 Å². The van der Waals surface area contributed by atoms with Gasteiger partial charge in [-0.25, -0.2) is 0 Å². The molecule has 9 nitrogen and oxygen atoms in total. The highest BCUT2D eigenvalue weighted by atomic mass is 16.6. The molecule has 0 saturated carbocycles. The second-order valence-corrected chi connectivity index (χ2v) is 7.17. The molecule has 1 aromatic heterocycles. The van der Waals surface area contributed by atoms with Gasteiger partial charge in [-0.15, -0.1) is 0 Å². The quantitative estimate of drug-likeness (QED) is 0.545. The maximum Gasteiger partial charge on any atom is 0.293 e. The van der Waals surface area contributed by atoms with E-state index in [1.807, 2.05) is 4.90 Å². The Kier molecular flexibility index (Phi) is 6.48. The topological polar surface area (TPSA) is 118 Å². The van der Waals surface area contributed by atoms with E-state index in [9.17, 15) is 19.7 Å². The highest BCUT2D eigenvalue weighted by Gasteiger charge is 2.24. The average molecular weight is 400 g/mol. The monoisotopic (exact) mass is 400 g/mol. The molecule has 0 spiro atoms. The van der Waals surface area contributed by atoms with Crippen LogP contribution in [0.5, 0.6) is 0 Å². The van der Waals surface area contributed by atoms with Gasteiger partial charge in [0.15, 0.2) is 0 Å². The van der Waals surface area contributed by atoms with Gasteiger partial charge < -0.3 is 20.0 Å². The molecule has 2 N–H and O–H groups in total. The van der Waals surface area contributed by atoms with Gasteiger partial charge in [-0.3, -0.25) is 19.7 Å². The van der Waals surface area contributed by atoms with E-state index in [4.69, 9.17) is 4.42 Å². The third kappa shape index (κ3) is 5.34.